The Morgan fingerprint density at radius 2 is 2.10 bits per heavy atom. The minimum absolute atomic E-state index is 0.0274. The minimum atomic E-state index is -0.0274. The van der Waals surface area contributed by atoms with Crippen molar-refractivity contribution in [1.82, 2.24) is 0 Å². The van der Waals surface area contributed by atoms with Crippen LogP contribution < -0.4 is 10.5 Å². The summed E-state index contributed by atoms with van der Waals surface area (Å²) in [6, 6.07) is 6.18. The highest BCUT2D eigenvalue weighted by Crippen LogP contribution is 2.47. The molecule has 0 bridgehead atoms. The van der Waals surface area contributed by atoms with Gasteiger partial charge in [-0.05, 0) is 67.7 Å². The zero-order valence-corrected chi connectivity index (χ0v) is 13.8. The third-order valence-electron chi connectivity index (χ3n) is 5.00. The monoisotopic (exact) mass is 337 g/mol. The Morgan fingerprint density at radius 1 is 1.30 bits per heavy atom. The molecule has 3 heteroatoms. The number of halogens is 1. The average Bonchev–Trinajstić information content (AvgIpc) is 3.25. The van der Waals surface area contributed by atoms with Crippen molar-refractivity contribution < 1.29 is 4.74 Å². The maximum absolute atomic E-state index is 6.75. The van der Waals surface area contributed by atoms with E-state index in [0.29, 0.717) is 0 Å². The maximum Gasteiger partial charge on any atom is 0.119 e. The Labute approximate surface area is 130 Å². The van der Waals surface area contributed by atoms with Crippen LogP contribution >= 0.6 is 15.9 Å². The predicted molar refractivity (Wildman–Crippen MR) is 86.0 cm³/mol. The summed E-state index contributed by atoms with van der Waals surface area (Å²) >= 11 is 3.66. The van der Waals surface area contributed by atoms with Crippen LogP contribution in [0.4, 0.5) is 0 Å². The molecule has 1 aromatic rings. The van der Waals surface area contributed by atoms with E-state index in [-0.39, 0.29) is 5.54 Å². The highest BCUT2D eigenvalue weighted by atomic mass is 79.9. The van der Waals surface area contributed by atoms with Crippen LogP contribution in [0.2, 0.25) is 0 Å². The van der Waals surface area contributed by atoms with Gasteiger partial charge in [-0.15, -0.1) is 0 Å². The molecule has 2 saturated carbocycles. The van der Waals surface area contributed by atoms with Gasteiger partial charge in [-0.3, -0.25) is 0 Å². The molecule has 2 aliphatic rings. The van der Waals surface area contributed by atoms with Crippen LogP contribution in [0.3, 0.4) is 0 Å². The summed E-state index contributed by atoms with van der Waals surface area (Å²) in [6.45, 7) is 0. The third kappa shape index (κ3) is 3.20. The van der Waals surface area contributed by atoms with E-state index in [1.165, 1.54) is 37.7 Å². The van der Waals surface area contributed by atoms with Crippen LogP contribution in [0.25, 0.3) is 0 Å². The SMILES string of the molecule is COc1ccc(Br)c(CC2(N)CCCC(C3CC3)C2)c1. The molecule has 0 saturated heterocycles. The highest BCUT2D eigenvalue weighted by molar-refractivity contribution is 9.10. The number of methoxy groups -OCH3 is 1. The lowest BCUT2D eigenvalue weighted by Crippen LogP contribution is -2.46. The first-order chi connectivity index (χ1) is 9.59. The normalized spacial score (nSPS) is 30.2. The summed E-state index contributed by atoms with van der Waals surface area (Å²) < 4.78 is 6.49. The molecule has 0 aliphatic heterocycles. The zero-order chi connectivity index (χ0) is 14.2. The fourth-order valence-electron chi connectivity index (χ4n) is 3.77. The molecule has 1 aromatic carbocycles. The number of rotatable bonds is 4. The van der Waals surface area contributed by atoms with Gasteiger partial charge in [0, 0.05) is 10.0 Å². The summed E-state index contributed by atoms with van der Waals surface area (Å²) in [5, 5.41) is 0. The second kappa shape index (κ2) is 5.69. The molecule has 0 radical (unpaired) electrons. The van der Waals surface area contributed by atoms with E-state index in [2.05, 4.69) is 28.1 Å². The Balaban J connectivity index is 1.74. The van der Waals surface area contributed by atoms with Crippen molar-refractivity contribution in [3.05, 3.63) is 28.2 Å². The largest absolute Gasteiger partial charge is 0.497 e. The quantitative estimate of drug-likeness (QED) is 0.888. The molecule has 0 amide bonds. The Bertz CT molecular complexity index is 486. The lowest BCUT2D eigenvalue weighted by atomic mass is 9.72. The van der Waals surface area contributed by atoms with Crippen molar-refractivity contribution in [1.29, 1.82) is 0 Å². The van der Waals surface area contributed by atoms with E-state index in [0.717, 1.165) is 34.9 Å². The fraction of sp³-hybridized carbons (Fsp3) is 0.647. The molecule has 0 heterocycles. The number of benzene rings is 1. The lowest BCUT2D eigenvalue weighted by molar-refractivity contribution is 0.204. The summed E-state index contributed by atoms with van der Waals surface area (Å²) in [7, 11) is 1.72. The van der Waals surface area contributed by atoms with Crippen LogP contribution in [0.15, 0.2) is 22.7 Å². The highest BCUT2D eigenvalue weighted by Gasteiger charge is 2.40. The molecule has 2 unspecified atom stereocenters. The van der Waals surface area contributed by atoms with Crippen LogP contribution in [-0.2, 0) is 6.42 Å². The zero-order valence-electron chi connectivity index (χ0n) is 12.2. The van der Waals surface area contributed by atoms with Gasteiger partial charge in [-0.1, -0.05) is 28.8 Å². The van der Waals surface area contributed by atoms with Crippen LogP contribution in [0, 0.1) is 11.8 Å². The van der Waals surface area contributed by atoms with Crippen LogP contribution in [0.5, 0.6) is 5.75 Å². The summed E-state index contributed by atoms with van der Waals surface area (Å²) in [5.74, 6) is 2.77. The maximum atomic E-state index is 6.75. The summed E-state index contributed by atoms with van der Waals surface area (Å²) in [5.41, 5.74) is 8.00. The number of hydrogen-bond acceptors (Lipinski definition) is 2. The molecule has 3 rings (SSSR count). The summed E-state index contributed by atoms with van der Waals surface area (Å²) in [4.78, 5) is 0. The molecule has 2 fully saturated rings. The van der Waals surface area contributed by atoms with E-state index in [4.69, 9.17) is 10.5 Å². The molecule has 0 spiro atoms. The minimum Gasteiger partial charge on any atom is -0.497 e. The van der Waals surface area contributed by atoms with Crippen LogP contribution in [-0.4, -0.2) is 12.6 Å². The van der Waals surface area contributed by atoms with Crippen molar-refractivity contribution in [3.63, 3.8) is 0 Å². The first-order valence-corrected chi connectivity index (χ1v) is 8.50. The Hall–Kier alpha value is -0.540. The van der Waals surface area contributed by atoms with Crippen molar-refractivity contribution in [2.75, 3.05) is 7.11 Å². The van der Waals surface area contributed by atoms with Gasteiger partial charge in [0.25, 0.3) is 0 Å². The average molecular weight is 338 g/mol. The number of ether oxygens (including phenoxy) is 1. The third-order valence-corrected chi connectivity index (χ3v) is 5.78. The van der Waals surface area contributed by atoms with E-state index in [9.17, 15) is 0 Å². The molecular weight excluding hydrogens is 314 g/mol. The topological polar surface area (TPSA) is 35.2 Å². The van der Waals surface area contributed by atoms with Gasteiger partial charge >= 0.3 is 0 Å². The van der Waals surface area contributed by atoms with Crippen LogP contribution in [0.1, 0.15) is 44.1 Å². The first-order valence-electron chi connectivity index (χ1n) is 7.71. The molecule has 2 atom stereocenters. The van der Waals surface area contributed by atoms with Gasteiger partial charge in [0.05, 0.1) is 7.11 Å². The standard InChI is InChI=1S/C17H24BrNO/c1-20-15-6-7-16(18)14(9-15)11-17(19)8-2-3-13(10-17)12-4-5-12/h6-7,9,12-13H,2-5,8,10-11,19H2,1H3. The van der Waals surface area contributed by atoms with Crippen molar-refractivity contribution in [2.45, 2.75) is 50.5 Å². The van der Waals surface area contributed by atoms with Gasteiger partial charge in [0.2, 0.25) is 0 Å². The molecule has 2 nitrogen and oxygen atoms in total. The van der Waals surface area contributed by atoms with Crippen molar-refractivity contribution in [3.8, 4) is 5.75 Å². The van der Waals surface area contributed by atoms with Gasteiger partial charge in [0.1, 0.15) is 5.75 Å². The van der Waals surface area contributed by atoms with E-state index >= 15 is 0 Å². The molecule has 0 aromatic heterocycles. The molecular formula is C17H24BrNO. The fourth-order valence-corrected chi connectivity index (χ4v) is 4.15. The van der Waals surface area contributed by atoms with Gasteiger partial charge in [0.15, 0.2) is 0 Å². The second-order valence-electron chi connectivity index (χ2n) is 6.69. The first kappa shape index (κ1) is 14.4. The lowest BCUT2D eigenvalue weighted by Gasteiger charge is -2.38. The van der Waals surface area contributed by atoms with E-state index in [1.807, 2.05) is 6.07 Å². The molecule has 2 aliphatic carbocycles. The molecule has 2 N–H and O–H groups in total. The van der Waals surface area contributed by atoms with Gasteiger partial charge in [-0.25, -0.2) is 0 Å². The second-order valence-corrected chi connectivity index (χ2v) is 7.54. The smallest absolute Gasteiger partial charge is 0.119 e. The number of nitrogens with two attached hydrogens (primary N) is 1. The Morgan fingerprint density at radius 3 is 2.80 bits per heavy atom. The van der Waals surface area contributed by atoms with E-state index in [1.54, 1.807) is 7.11 Å². The molecule has 110 valence electrons. The van der Waals surface area contributed by atoms with Crippen molar-refractivity contribution in [2.24, 2.45) is 17.6 Å². The number of hydrogen-bond donors (Lipinski definition) is 1. The summed E-state index contributed by atoms with van der Waals surface area (Å²) in [6.07, 6.45) is 8.85. The van der Waals surface area contributed by atoms with E-state index < -0.39 is 0 Å². The predicted octanol–water partition coefficient (Wildman–Crippen LogP) is 4.30. The Kier molecular flexibility index (Phi) is 4.09. The molecule has 20 heavy (non-hydrogen) atoms. The van der Waals surface area contributed by atoms with Gasteiger partial charge in [-0.2, -0.15) is 0 Å². The van der Waals surface area contributed by atoms with Gasteiger partial charge < -0.3 is 10.5 Å². The van der Waals surface area contributed by atoms with Crippen molar-refractivity contribution >= 4 is 15.9 Å².